The number of likely N-dealkylation sites (N-methyl/N-ethyl adjacent to an activating group) is 1. The Morgan fingerprint density at radius 3 is 2.50 bits per heavy atom. The molecule has 2 saturated heterocycles. The van der Waals surface area contributed by atoms with Gasteiger partial charge in [-0.3, -0.25) is 9.69 Å². The van der Waals surface area contributed by atoms with E-state index in [0.29, 0.717) is 25.1 Å². The van der Waals surface area contributed by atoms with E-state index in [1.54, 1.807) is 13.8 Å². The highest BCUT2D eigenvalue weighted by Crippen LogP contribution is 2.28. The molecule has 2 unspecified atom stereocenters. The zero-order valence-corrected chi connectivity index (χ0v) is 21.1. The van der Waals surface area contributed by atoms with Gasteiger partial charge in [-0.25, -0.2) is 8.42 Å². The number of piperazine rings is 1. The summed E-state index contributed by atoms with van der Waals surface area (Å²) in [7, 11) is -1.65. The summed E-state index contributed by atoms with van der Waals surface area (Å²) in [5, 5.41) is 7.04. The molecule has 10 heteroatoms. The summed E-state index contributed by atoms with van der Waals surface area (Å²) >= 11 is 0. The first-order valence-corrected chi connectivity index (χ1v) is 13.4. The van der Waals surface area contributed by atoms with Gasteiger partial charge in [0.2, 0.25) is 15.9 Å². The molecule has 9 nitrogen and oxygen atoms in total. The molecule has 2 fully saturated rings. The summed E-state index contributed by atoms with van der Waals surface area (Å²) in [5.74, 6) is -0.218. The molecule has 2 atom stereocenters. The van der Waals surface area contributed by atoms with Crippen LogP contribution in [0.1, 0.15) is 35.9 Å². The van der Waals surface area contributed by atoms with Gasteiger partial charge in [-0.15, -0.1) is 0 Å². The standard InChI is InChI=1S/C24H35N5O4S/c1-18-23(19(2)33-26-18)34(31,32)29-11-7-10-21(16-29)24(30)25-22(20-8-5-4-6-9-20)17-28-14-12-27(3)13-15-28/h4-6,8-9,21-22H,7,10-17H2,1-3H3,(H,25,30). The fourth-order valence-electron chi connectivity index (χ4n) is 4.84. The highest BCUT2D eigenvalue weighted by Gasteiger charge is 2.37. The molecule has 0 spiro atoms. The zero-order chi connectivity index (χ0) is 24.3. The van der Waals surface area contributed by atoms with Gasteiger partial charge in [0.1, 0.15) is 10.6 Å². The average Bonchev–Trinajstić information content (AvgIpc) is 3.19. The number of piperidine rings is 1. The Bertz CT molecular complexity index is 1060. The summed E-state index contributed by atoms with van der Waals surface area (Å²) in [4.78, 5) is 18.2. The molecular weight excluding hydrogens is 454 g/mol. The molecule has 0 aliphatic carbocycles. The first-order chi connectivity index (χ1) is 16.3. The van der Waals surface area contributed by atoms with Crippen LogP contribution < -0.4 is 5.32 Å². The normalized spacial score (nSPS) is 21.9. The lowest BCUT2D eigenvalue weighted by molar-refractivity contribution is -0.127. The van der Waals surface area contributed by atoms with Crippen molar-refractivity contribution >= 4 is 15.9 Å². The van der Waals surface area contributed by atoms with E-state index in [9.17, 15) is 13.2 Å². The Hall–Kier alpha value is -2.27. The highest BCUT2D eigenvalue weighted by atomic mass is 32.2. The molecule has 34 heavy (non-hydrogen) atoms. The number of rotatable bonds is 7. The van der Waals surface area contributed by atoms with Crippen LogP contribution in [-0.2, 0) is 14.8 Å². The van der Waals surface area contributed by atoms with Gasteiger partial charge >= 0.3 is 0 Å². The number of carbonyl (C=O) groups excluding carboxylic acids is 1. The van der Waals surface area contributed by atoms with Crippen molar-refractivity contribution in [2.45, 2.75) is 37.6 Å². The molecule has 1 aromatic carbocycles. The molecule has 0 radical (unpaired) electrons. The zero-order valence-electron chi connectivity index (χ0n) is 20.2. The van der Waals surface area contributed by atoms with Gasteiger partial charge < -0.3 is 14.7 Å². The largest absolute Gasteiger partial charge is 0.360 e. The maximum atomic E-state index is 13.4. The number of sulfonamides is 1. The second-order valence-corrected chi connectivity index (χ2v) is 11.3. The lowest BCUT2D eigenvalue weighted by atomic mass is 9.97. The van der Waals surface area contributed by atoms with Crippen LogP contribution in [0.25, 0.3) is 0 Å². The SMILES string of the molecule is Cc1noc(C)c1S(=O)(=O)N1CCCC(C(=O)NC(CN2CCN(C)CC2)c2ccccc2)C1. The van der Waals surface area contributed by atoms with Crippen molar-refractivity contribution in [2.75, 3.05) is 52.9 Å². The minimum Gasteiger partial charge on any atom is -0.360 e. The number of benzene rings is 1. The molecule has 0 saturated carbocycles. The fourth-order valence-corrected chi connectivity index (χ4v) is 6.66. The minimum atomic E-state index is -3.77. The summed E-state index contributed by atoms with van der Waals surface area (Å²) in [6, 6.07) is 9.86. The van der Waals surface area contributed by atoms with Crippen molar-refractivity contribution in [2.24, 2.45) is 5.92 Å². The molecule has 2 aliphatic heterocycles. The van der Waals surface area contributed by atoms with E-state index in [-0.39, 0.29) is 29.1 Å². The van der Waals surface area contributed by atoms with E-state index < -0.39 is 15.9 Å². The number of aryl methyl sites for hydroxylation is 2. The summed E-state index contributed by atoms with van der Waals surface area (Å²) in [5.41, 5.74) is 1.41. The van der Waals surface area contributed by atoms with Gasteiger partial charge in [0.15, 0.2) is 5.76 Å². The molecule has 1 aromatic heterocycles. The lowest BCUT2D eigenvalue weighted by Crippen LogP contribution is -2.50. The van der Waals surface area contributed by atoms with Crippen LogP contribution in [0.5, 0.6) is 0 Å². The molecule has 186 valence electrons. The number of nitrogens with zero attached hydrogens (tertiary/aromatic N) is 4. The van der Waals surface area contributed by atoms with Gasteiger partial charge in [-0.2, -0.15) is 4.31 Å². The van der Waals surface area contributed by atoms with Crippen LogP contribution in [0.4, 0.5) is 0 Å². The van der Waals surface area contributed by atoms with E-state index in [4.69, 9.17) is 4.52 Å². The number of nitrogens with one attached hydrogen (secondary N) is 1. The molecule has 1 amide bonds. The van der Waals surface area contributed by atoms with Crippen molar-refractivity contribution in [1.82, 2.24) is 24.6 Å². The Morgan fingerprint density at radius 1 is 1.15 bits per heavy atom. The van der Waals surface area contributed by atoms with E-state index in [2.05, 4.69) is 27.3 Å². The van der Waals surface area contributed by atoms with Crippen LogP contribution >= 0.6 is 0 Å². The van der Waals surface area contributed by atoms with Crippen molar-refractivity contribution in [3.8, 4) is 0 Å². The van der Waals surface area contributed by atoms with E-state index in [1.807, 2.05) is 30.3 Å². The van der Waals surface area contributed by atoms with Crippen LogP contribution in [0.3, 0.4) is 0 Å². The maximum absolute atomic E-state index is 13.4. The summed E-state index contributed by atoms with van der Waals surface area (Å²) < 4.78 is 33.0. The van der Waals surface area contributed by atoms with Crippen molar-refractivity contribution in [3.63, 3.8) is 0 Å². The summed E-state index contributed by atoms with van der Waals surface area (Å²) in [6.07, 6.45) is 1.30. The molecule has 2 aromatic rings. The maximum Gasteiger partial charge on any atom is 0.248 e. The van der Waals surface area contributed by atoms with Crippen molar-refractivity contribution in [1.29, 1.82) is 0 Å². The van der Waals surface area contributed by atoms with Gasteiger partial charge in [0.05, 0.1) is 12.0 Å². The number of aromatic nitrogens is 1. The Labute approximate surface area is 202 Å². The molecule has 4 rings (SSSR count). The third-order valence-electron chi connectivity index (χ3n) is 6.88. The molecule has 2 aliphatic rings. The molecule has 0 bridgehead atoms. The molecule has 1 N–H and O–H groups in total. The lowest BCUT2D eigenvalue weighted by Gasteiger charge is -2.36. The van der Waals surface area contributed by atoms with E-state index >= 15 is 0 Å². The van der Waals surface area contributed by atoms with Crippen LogP contribution in [0.15, 0.2) is 39.8 Å². The number of carbonyl (C=O) groups is 1. The number of hydrogen-bond donors (Lipinski definition) is 1. The van der Waals surface area contributed by atoms with Crippen LogP contribution in [0, 0.1) is 19.8 Å². The number of hydrogen-bond acceptors (Lipinski definition) is 7. The second-order valence-electron chi connectivity index (χ2n) is 9.43. The van der Waals surface area contributed by atoms with Crippen molar-refractivity contribution in [3.05, 3.63) is 47.3 Å². The third kappa shape index (κ3) is 5.51. The van der Waals surface area contributed by atoms with Gasteiger partial charge in [-0.1, -0.05) is 35.5 Å². The van der Waals surface area contributed by atoms with E-state index in [0.717, 1.165) is 38.3 Å². The first-order valence-electron chi connectivity index (χ1n) is 11.9. The van der Waals surface area contributed by atoms with Crippen LogP contribution in [0.2, 0.25) is 0 Å². The molecule has 3 heterocycles. The topological polar surface area (TPSA) is 99.0 Å². The highest BCUT2D eigenvalue weighted by molar-refractivity contribution is 7.89. The van der Waals surface area contributed by atoms with Gasteiger partial charge in [0.25, 0.3) is 0 Å². The van der Waals surface area contributed by atoms with Crippen LogP contribution in [-0.4, -0.2) is 86.4 Å². The Morgan fingerprint density at radius 2 is 1.85 bits per heavy atom. The fraction of sp³-hybridized carbons (Fsp3) is 0.583. The Balaban J connectivity index is 1.47. The van der Waals surface area contributed by atoms with Gasteiger partial charge in [0, 0.05) is 45.8 Å². The quantitative estimate of drug-likeness (QED) is 0.633. The average molecular weight is 490 g/mol. The van der Waals surface area contributed by atoms with Crippen molar-refractivity contribution < 1.29 is 17.7 Å². The third-order valence-corrected chi connectivity index (χ3v) is 8.99. The second kappa shape index (κ2) is 10.6. The first kappa shape index (κ1) is 24.8. The minimum absolute atomic E-state index is 0.0957. The summed E-state index contributed by atoms with van der Waals surface area (Å²) in [6.45, 7) is 8.44. The predicted octanol–water partition coefficient (Wildman–Crippen LogP) is 1.80. The smallest absolute Gasteiger partial charge is 0.248 e. The Kier molecular flexibility index (Phi) is 7.71. The van der Waals surface area contributed by atoms with Gasteiger partial charge in [-0.05, 0) is 39.3 Å². The molecular formula is C24H35N5O4S. The predicted molar refractivity (Wildman–Crippen MR) is 129 cm³/mol. The number of amides is 1. The monoisotopic (exact) mass is 489 g/mol. The van der Waals surface area contributed by atoms with E-state index in [1.165, 1.54) is 4.31 Å².